The molecule has 0 atom stereocenters. The molecule has 0 aliphatic rings. The fraction of sp³-hybridized carbons (Fsp3) is 0.0556. The molecule has 0 saturated heterocycles. The maximum Gasteiger partial charge on any atom is 0.417 e. The Morgan fingerprint density at radius 2 is 1.85 bits per heavy atom. The molecule has 27 heavy (non-hydrogen) atoms. The molecule has 2 heterocycles. The molecular weight excluding hydrogens is 379 g/mol. The third-order valence-electron chi connectivity index (χ3n) is 3.45. The van der Waals surface area contributed by atoms with Crippen LogP contribution >= 0.6 is 11.8 Å². The van der Waals surface area contributed by atoms with E-state index in [0.717, 1.165) is 4.90 Å². The molecule has 138 valence electrons. The summed E-state index contributed by atoms with van der Waals surface area (Å²) >= 11 is 1.23. The molecule has 0 bridgehead atoms. The number of benzene rings is 1. The van der Waals surface area contributed by atoms with Crippen molar-refractivity contribution in [1.29, 1.82) is 0 Å². The molecule has 1 aromatic carbocycles. The number of carbonyl (C=O) groups is 1. The Kier molecular flexibility index (Phi) is 5.31. The van der Waals surface area contributed by atoms with Gasteiger partial charge in [0.2, 0.25) is 0 Å². The number of amides is 1. The van der Waals surface area contributed by atoms with Crippen molar-refractivity contribution in [1.82, 2.24) is 9.97 Å². The second kappa shape index (κ2) is 7.67. The van der Waals surface area contributed by atoms with Gasteiger partial charge in [0, 0.05) is 17.3 Å². The standard InChI is InChI=1S/C18H12F3N3O2S/c19-18(20,21)11-9-14(16(26)23-10-11)24-15(25)13-7-4-8-22-17(13)27-12-5-2-1-3-6-12/h1-10H,(H,23,26)(H,24,25). The number of hydrogen-bond donors (Lipinski definition) is 2. The average Bonchev–Trinajstić information content (AvgIpc) is 2.64. The number of carbonyl (C=O) groups excluding carboxylic acids is 1. The first kappa shape index (κ1) is 18.7. The predicted molar refractivity (Wildman–Crippen MR) is 94.8 cm³/mol. The lowest BCUT2D eigenvalue weighted by molar-refractivity contribution is -0.137. The minimum Gasteiger partial charge on any atom is -0.327 e. The molecule has 0 aliphatic heterocycles. The number of alkyl halides is 3. The van der Waals surface area contributed by atoms with Crippen LogP contribution in [0.4, 0.5) is 18.9 Å². The van der Waals surface area contributed by atoms with Gasteiger partial charge in [0.05, 0.1) is 11.1 Å². The van der Waals surface area contributed by atoms with Crippen LogP contribution in [0.1, 0.15) is 15.9 Å². The number of nitrogens with one attached hydrogen (secondary N) is 2. The number of aromatic amines is 1. The van der Waals surface area contributed by atoms with Gasteiger partial charge in [-0.3, -0.25) is 9.59 Å². The van der Waals surface area contributed by atoms with Crippen molar-refractivity contribution in [3.8, 4) is 0 Å². The second-order valence-electron chi connectivity index (χ2n) is 5.35. The fourth-order valence-electron chi connectivity index (χ4n) is 2.18. The molecular formula is C18H12F3N3O2S. The summed E-state index contributed by atoms with van der Waals surface area (Å²) in [6.45, 7) is 0. The molecule has 0 fully saturated rings. The lowest BCUT2D eigenvalue weighted by Crippen LogP contribution is -2.22. The number of nitrogens with zero attached hydrogens (tertiary/aromatic N) is 1. The zero-order chi connectivity index (χ0) is 19.4. The van der Waals surface area contributed by atoms with Gasteiger partial charge < -0.3 is 10.3 Å². The third-order valence-corrected chi connectivity index (χ3v) is 4.48. The largest absolute Gasteiger partial charge is 0.417 e. The Morgan fingerprint density at radius 1 is 1.11 bits per heavy atom. The van der Waals surface area contributed by atoms with Crippen LogP contribution in [0.15, 0.2) is 75.6 Å². The van der Waals surface area contributed by atoms with E-state index < -0.39 is 28.9 Å². The van der Waals surface area contributed by atoms with Crippen LogP contribution in [0.25, 0.3) is 0 Å². The number of halogens is 3. The molecule has 1 amide bonds. The maximum absolute atomic E-state index is 12.8. The molecule has 0 aliphatic carbocycles. The first-order valence-corrected chi connectivity index (χ1v) is 8.45. The van der Waals surface area contributed by atoms with Crippen LogP contribution in [0, 0.1) is 0 Å². The molecule has 3 rings (SSSR count). The Balaban J connectivity index is 1.89. The zero-order valence-electron chi connectivity index (χ0n) is 13.6. The lowest BCUT2D eigenvalue weighted by Gasteiger charge is -2.11. The van der Waals surface area contributed by atoms with Crippen molar-refractivity contribution < 1.29 is 18.0 Å². The lowest BCUT2D eigenvalue weighted by atomic mass is 10.2. The van der Waals surface area contributed by atoms with Crippen LogP contribution in [0.2, 0.25) is 0 Å². The topological polar surface area (TPSA) is 74.8 Å². The third kappa shape index (κ3) is 4.56. The summed E-state index contributed by atoms with van der Waals surface area (Å²) in [5, 5.41) is 2.59. The van der Waals surface area contributed by atoms with E-state index >= 15 is 0 Å². The van der Waals surface area contributed by atoms with Crippen LogP contribution in [0.3, 0.4) is 0 Å². The fourth-order valence-corrected chi connectivity index (χ4v) is 3.08. The minimum absolute atomic E-state index is 0.142. The van der Waals surface area contributed by atoms with Gasteiger partial charge >= 0.3 is 6.18 Å². The van der Waals surface area contributed by atoms with E-state index in [2.05, 4.69) is 10.3 Å². The van der Waals surface area contributed by atoms with E-state index in [1.807, 2.05) is 35.3 Å². The number of rotatable bonds is 4. The van der Waals surface area contributed by atoms with Crippen molar-refractivity contribution in [2.45, 2.75) is 16.1 Å². The quantitative estimate of drug-likeness (QED) is 0.699. The van der Waals surface area contributed by atoms with E-state index in [9.17, 15) is 22.8 Å². The first-order chi connectivity index (χ1) is 12.8. The summed E-state index contributed by atoms with van der Waals surface area (Å²) in [6.07, 6.45) is -2.59. The molecule has 5 nitrogen and oxygen atoms in total. The van der Waals surface area contributed by atoms with Crippen LogP contribution < -0.4 is 10.9 Å². The smallest absolute Gasteiger partial charge is 0.327 e. The van der Waals surface area contributed by atoms with E-state index in [4.69, 9.17) is 0 Å². The van der Waals surface area contributed by atoms with Gasteiger partial charge in [0.25, 0.3) is 11.5 Å². The van der Waals surface area contributed by atoms with Crippen LogP contribution in [0.5, 0.6) is 0 Å². The van der Waals surface area contributed by atoms with Crippen LogP contribution in [-0.2, 0) is 6.18 Å². The SMILES string of the molecule is O=C(Nc1cc(C(F)(F)F)c[nH]c1=O)c1cccnc1Sc1ccccc1. The van der Waals surface area contributed by atoms with Gasteiger partial charge in [-0.05, 0) is 30.3 Å². The Hall–Kier alpha value is -3.07. The summed E-state index contributed by atoms with van der Waals surface area (Å²) in [7, 11) is 0. The number of aromatic nitrogens is 2. The summed E-state index contributed by atoms with van der Waals surface area (Å²) < 4.78 is 38.5. The van der Waals surface area contributed by atoms with E-state index in [0.29, 0.717) is 17.3 Å². The minimum atomic E-state index is -4.65. The van der Waals surface area contributed by atoms with Gasteiger partial charge in [-0.15, -0.1) is 0 Å². The van der Waals surface area contributed by atoms with E-state index in [1.54, 1.807) is 0 Å². The number of hydrogen-bond acceptors (Lipinski definition) is 4. The highest BCUT2D eigenvalue weighted by Gasteiger charge is 2.31. The number of pyridine rings is 2. The van der Waals surface area contributed by atoms with Crippen molar-refractivity contribution in [2.24, 2.45) is 0 Å². The number of H-pyrrole nitrogens is 1. The van der Waals surface area contributed by atoms with Gasteiger partial charge in [-0.25, -0.2) is 4.98 Å². The molecule has 0 saturated carbocycles. The second-order valence-corrected chi connectivity index (χ2v) is 6.42. The Labute approximate surface area is 155 Å². The van der Waals surface area contributed by atoms with Gasteiger partial charge in [-0.2, -0.15) is 13.2 Å². The Bertz CT molecular complexity index is 1020. The van der Waals surface area contributed by atoms with Crippen molar-refractivity contribution in [3.63, 3.8) is 0 Å². The van der Waals surface area contributed by atoms with Gasteiger partial charge in [-0.1, -0.05) is 30.0 Å². The van der Waals surface area contributed by atoms with E-state index in [1.165, 1.54) is 30.1 Å². The van der Waals surface area contributed by atoms with Gasteiger partial charge in [0.15, 0.2) is 0 Å². The molecule has 0 spiro atoms. The van der Waals surface area contributed by atoms with Crippen molar-refractivity contribution in [3.05, 3.63) is 82.4 Å². The molecule has 9 heteroatoms. The van der Waals surface area contributed by atoms with E-state index in [-0.39, 0.29) is 5.56 Å². The van der Waals surface area contributed by atoms with Crippen molar-refractivity contribution in [2.75, 3.05) is 5.32 Å². The van der Waals surface area contributed by atoms with Gasteiger partial charge in [0.1, 0.15) is 10.7 Å². The molecule has 2 aromatic heterocycles. The normalized spacial score (nSPS) is 11.2. The van der Waals surface area contributed by atoms with Crippen molar-refractivity contribution >= 4 is 23.4 Å². The highest BCUT2D eigenvalue weighted by molar-refractivity contribution is 7.99. The summed E-state index contributed by atoms with van der Waals surface area (Å²) in [4.78, 5) is 31.3. The Morgan fingerprint density at radius 3 is 2.56 bits per heavy atom. The monoisotopic (exact) mass is 391 g/mol. The predicted octanol–water partition coefficient (Wildman–Crippen LogP) is 4.19. The summed E-state index contributed by atoms with van der Waals surface area (Å²) in [6, 6.07) is 12.8. The maximum atomic E-state index is 12.8. The van der Waals surface area contributed by atoms with Crippen LogP contribution in [-0.4, -0.2) is 15.9 Å². The first-order valence-electron chi connectivity index (χ1n) is 7.64. The summed E-state index contributed by atoms with van der Waals surface area (Å²) in [5.41, 5.74) is -2.25. The average molecular weight is 391 g/mol. The summed E-state index contributed by atoms with van der Waals surface area (Å²) in [5.74, 6) is -0.730. The molecule has 2 N–H and O–H groups in total. The molecule has 0 radical (unpaired) electrons. The molecule has 3 aromatic rings. The highest BCUT2D eigenvalue weighted by Crippen LogP contribution is 2.30. The highest BCUT2D eigenvalue weighted by atomic mass is 32.2. The zero-order valence-corrected chi connectivity index (χ0v) is 14.4. The number of anilines is 1. The molecule has 0 unspecified atom stereocenters.